The highest BCUT2D eigenvalue weighted by molar-refractivity contribution is 5.67. The third kappa shape index (κ3) is 0.677. The Morgan fingerprint density at radius 3 is 1.93 bits per heavy atom. The molecule has 4 heterocycles. The van der Waals surface area contributed by atoms with Crippen LogP contribution in [0.3, 0.4) is 0 Å². The predicted octanol–water partition coefficient (Wildman–Crippen LogP) is -0.684. The Morgan fingerprint density at radius 1 is 0.867 bits per heavy atom. The highest BCUT2D eigenvalue weighted by Crippen LogP contribution is 2.31. The van der Waals surface area contributed by atoms with Crippen molar-refractivity contribution >= 4 is 12.4 Å². The lowest BCUT2D eigenvalue weighted by molar-refractivity contribution is -1.63. The molecule has 4 aliphatic heterocycles. The summed E-state index contributed by atoms with van der Waals surface area (Å²) in [6.07, 6.45) is 13.0. The van der Waals surface area contributed by atoms with E-state index < -0.39 is 0 Å². The Bertz CT molecular complexity index is 403. The molecule has 0 saturated carbocycles. The van der Waals surface area contributed by atoms with Gasteiger partial charge < -0.3 is 0 Å². The molecule has 1 spiro atoms. The first-order valence-corrected chi connectivity index (χ1v) is 5.43. The summed E-state index contributed by atoms with van der Waals surface area (Å²) >= 11 is 0. The topological polar surface area (TPSA) is 12.5 Å². The van der Waals surface area contributed by atoms with E-state index in [0.29, 0.717) is 4.92 Å². The van der Waals surface area contributed by atoms with Crippen molar-refractivity contribution in [1.82, 2.24) is 10.0 Å². The molecule has 0 amide bonds. The molecule has 0 aromatic carbocycles. The van der Waals surface area contributed by atoms with Gasteiger partial charge in [-0.15, -0.1) is 0 Å². The molecule has 2 saturated heterocycles. The lowest BCUT2D eigenvalue weighted by Crippen LogP contribution is -2.68. The second-order valence-corrected chi connectivity index (χ2v) is 4.17. The average Bonchev–Trinajstić information content (AvgIpc) is 2.83. The van der Waals surface area contributed by atoms with Gasteiger partial charge in [-0.25, -0.2) is 0 Å². The third-order valence-corrected chi connectivity index (χ3v) is 3.53. The van der Waals surface area contributed by atoms with Crippen LogP contribution in [0.5, 0.6) is 0 Å². The maximum Gasteiger partial charge on any atom is 0.298 e. The predicted molar refractivity (Wildman–Crippen MR) is 54.3 cm³/mol. The van der Waals surface area contributed by atoms with Crippen LogP contribution >= 0.6 is 0 Å². The largest absolute Gasteiger partial charge is 0.298 e. The van der Waals surface area contributed by atoms with E-state index in [1.54, 1.807) is 0 Å². The summed E-state index contributed by atoms with van der Waals surface area (Å²) in [5, 5.41) is 4.74. The van der Waals surface area contributed by atoms with Crippen molar-refractivity contribution in [3.05, 3.63) is 24.6 Å². The van der Waals surface area contributed by atoms with Gasteiger partial charge in [0.15, 0.2) is 0 Å². The van der Waals surface area contributed by atoms with E-state index in [-0.39, 0.29) is 0 Å². The SMILES string of the molecule is C1=CN2CC[N+]3=CC=CN4CC[N+](=C1)[N+]423. The Hall–Kier alpha value is -1.62. The second kappa shape index (κ2) is 2.30. The third-order valence-electron chi connectivity index (χ3n) is 3.53. The summed E-state index contributed by atoms with van der Waals surface area (Å²) in [7, 11) is 0. The molecule has 0 radical (unpaired) electrons. The maximum atomic E-state index is 2.37. The fraction of sp³-hybridized carbons (Fsp3) is 0.400. The molecule has 0 aliphatic carbocycles. The van der Waals surface area contributed by atoms with Gasteiger partial charge in [-0.2, -0.15) is 0 Å². The van der Waals surface area contributed by atoms with Crippen molar-refractivity contribution in [2.45, 2.75) is 0 Å². The lowest BCUT2D eigenvalue weighted by atomic mass is 10.5. The van der Waals surface area contributed by atoms with Crippen LogP contribution in [0.4, 0.5) is 0 Å². The van der Waals surface area contributed by atoms with Crippen LogP contribution in [0, 0.1) is 0 Å². The molecular weight excluding hydrogens is 190 g/mol. The van der Waals surface area contributed by atoms with Crippen molar-refractivity contribution in [2.75, 3.05) is 26.2 Å². The van der Waals surface area contributed by atoms with E-state index in [1.165, 1.54) is 0 Å². The summed E-state index contributed by atoms with van der Waals surface area (Å²) < 4.78 is 4.74. The zero-order valence-corrected chi connectivity index (χ0v) is 8.53. The maximum absolute atomic E-state index is 2.37. The number of hydrogen-bond acceptors (Lipinski definition) is 2. The molecule has 76 valence electrons. The Morgan fingerprint density at radius 2 is 1.40 bits per heavy atom. The fourth-order valence-corrected chi connectivity index (χ4v) is 2.96. The van der Waals surface area contributed by atoms with Crippen molar-refractivity contribution in [1.29, 1.82) is 0 Å². The molecule has 5 nitrogen and oxygen atoms in total. The standard InChI is InChI=1S/C10H14N5/c1-3-11-7-9-13-5-2-6-14-10-8-12(4-1)15(11,13)14/h1-6H,7-10H2/q+3. The van der Waals surface area contributed by atoms with E-state index in [9.17, 15) is 0 Å². The number of rotatable bonds is 0. The first-order valence-electron chi connectivity index (χ1n) is 5.43. The van der Waals surface area contributed by atoms with Crippen LogP contribution in [0.1, 0.15) is 0 Å². The lowest BCUT2D eigenvalue weighted by Gasteiger charge is -2.29. The van der Waals surface area contributed by atoms with Crippen LogP contribution in [-0.2, 0) is 0 Å². The number of hydrogen-bond donors (Lipinski definition) is 0. The van der Waals surface area contributed by atoms with Gasteiger partial charge in [0.1, 0.15) is 13.1 Å². The van der Waals surface area contributed by atoms with Gasteiger partial charge in [-0.05, 0) is 0 Å². The molecule has 2 fully saturated rings. The molecular formula is C10H14N5+3. The van der Waals surface area contributed by atoms with E-state index in [0.717, 1.165) is 26.2 Å². The Balaban J connectivity index is 2.00. The second-order valence-electron chi connectivity index (χ2n) is 4.17. The van der Waals surface area contributed by atoms with Gasteiger partial charge in [0, 0.05) is 12.2 Å². The fourth-order valence-electron chi connectivity index (χ4n) is 2.96. The smallest absolute Gasteiger partial charge is 0.0851 e. The van der Waals surface area contributed by atoms with Crippen molar-refractivity contribution in [3.8, 4) is 0 Å². The highest BCUT2D eigenvalue weighted by atomic mass is 16.3. The van der Waals surface area contributed by atoms with Gasteiger partial charge in [-0.1, -0.05) is 10.0 Å². The number of nitrogens with zero attached hydrogens (tertiary/aromatic N) is 5. The molecule has 5 heteroatoms. The van der Waals surface area contributed by atoms with Gasteiger partial charge in [0.25, 0.3) is 4.92 Å². The highest BCUT2D eigenvalue weighted by Gasteiger charge is 2.70. The normalized spacial score (nSPS) is 28.8. The van der Waals surface area contributed by atoms with Crippen molar-refractivity contribution in [2.24, 2.45) is 0 Å². The van der Waals surface area contributed by atoms with Crippen LogP contribution in [-0.4, -0.2) is 62.9 Å². The summed E-state index contributed by atoms with van der Waals surface area (Å²) in [5.41, 5.74) is 0. The zero-order valence-electron chi connectivity index (χ0n) is 8.53. The summed E-state index contributed by atoms with van der Waals surface area (Å²) in [6, 6.07) is 0. The van der Waals surface area contributed by atoms with Gasteiger partial charge in [0.2, 0.25) is 25.5 Å². The minimum Gasteiger partial charge on any atom is -0.0851 e. The molecule has 0 bridgehead atoms. The summed E-state index contributed by atoms with van der Waals surface area (Å²) in [6.45, 7) is 4.32. The molecule has 0 aromatic rings. The summed E-state index contributed by atoms with van der Waals surface area (Å²) in [5.74, 6) is 0. The van der Waals surface area contributed by atoms with Crippen molar-refractivity contribution in [3.63, 3.8) is 0 Å². The van der Waals surface area contributed by atoms with Crippen LogP contribution in [0.15, 0.2) is 24.6 Å². The van der Waals surface area contributed by atoms with Gasteiger partial charge in [0.05, 0.1) is 21.8 Å². The summed E-state index contributed by atoms with van der Waals surface area (Å²) in [4.78, 5) is 0.715. The minimum atomic E-state index is 0.715. The molecule has 0 N–H and O–H groups in total. The monoisotopic (exact) mass is 204 g/mol. The van der Waals surface area contributed by atoms with Gasteiger partial charge in [-0.3, -0.25) is 0 Å². The van der Waals surface area contributed by atoms with Crippen LogP contribution in [0.2, 0.25) is 0 Å². The molecule has 0 unspecified atom stereocenters. The molecule has 4 rings (SSSR count). The van der Waals surface area contributed by atoms with E-state index >= 15 is 0 Å². The Labute approximate surface area is 88.2 Å². The first-order chi connectivity index (χ1) is 7.42. The van der Waals surface area contributed by atoms with E-state index in [1.807, 2.05) is 0 Å². The molecule has 0 aromatic heterocycles. The van der Waals surface area contributed by atoms with E-state index in [2.05, 4.69) is 56.4 Å². The number of allylic oxidation sites excluding steroid dienone is 2. The van der Waals surface area contributed by atoms with Gasteiger partial charge >= 0.3 is 0 Å². The number of quaternary nitrogens is 1. The minimum absolute atomic E-state index is 0.715. The quantitative estimate of drug-likeness (QED) is 0.383. The van der Waals surface area contributed by atoms with E-state index in [4.69, 9.17) is 0 Å². The molecule has 4 aliphatic rings. The Kier molecular flexibility index (Phi) is 1.17. The average molecular weight is 204 g/mol. The molecule has 15 heavy (non-hydrogen) atoms. The zero-order chi connectivity index (χ0) is 9.88. The first kappa shape index (κ1) is 7.64. The molecule has 0 atom stereocenters. The van der Waals surface area contributed by atoms with Crippen LogP contribution in [0.25, 0.3) is 0 Å². The van der Waals surface area contributed by atoms with Crippen LogP contribution < -0.4 is 0 Å². The van der Waals surface area contributed by atoms with Crippen molar-refractivity contribution < 1.29 is 14.3 Å².